The van der Waals surface area contributed by atoms with Gasteiger partial charge >= 0.3 is 35.8 Å². The summed E-state index contributed by atoms with van der Waals surface area (Å²) < 4.78 is 41.7. The number of esters is 6. The first-order valence-electron chi connectivity index (χ1n) is 16.9. The summed E-state index contributed by atoms with van der Waals surface area (Å²) in [5.41, 5.74) is -4.28. The maximum absolute atomic E-state index is 14.4. The highest BCUT2D eigenvalue weighted by Crippen LogP contribution is 2.60. The molecule has 284 valence electrons. The van der Waals surface area contributed by atoms with Crippen molar-refractivity contribution in [3.8, 4) is 0 Å². The molecule has 2 aliphatic heterocycles. The molecule has 0 spiro atoms. The third-order valence-electron chi connectivity index (χ3n) is 10.1. The van der Waals surface area contributed by atoms with E-state index in [2.05, 4.69) is 6.58 Å². The molecule has 2 saturated heterocycles. The molecule has 2 heterocycles. The van der Waals surface area contributed by atoms with Crippen molar-refractivity contribution >= 4 is 41.6 Å². The van der Waals surface area contributed by atoms with E-state index in [9.17, 15) is 38.7 Å². The van der Waals surface area contributed by atoms with E-state index in [4.69, 9.17) is 33.2 Å². The molecule has 1 saturated carbocycles. The van der Waals surface area contributed by atoms with E-state index in [0.29, 0.717) is 0 Å². The van der Waals surface area contributed by atoms with Gasteiger partial charge in [0.25, 0.3) is 0 Å². The molecule has 0 unspecified atom stereocenters. The predicted molar refractivity (Wildman–Crippen MR) is 177 cm³/mol. The van der Waals surface area contributed by atoms with Crippen molar-refractivity contribution in [3.05, 3.63) is 48.0 Å². The molecule has 52 heavy (non-hydrogen) atoms. The number of aliphatic hydroxyl groups is 1. The molecule has 2 bridgehead atoms. The fourth-order valence-corrected chi connectivity index (χ4v) is 7.99. The molecule has 1 aromatic rings. The number of rotatable bonds is 7. The lowest BCUT2D eigenvalue weighted by molar-refractivity contribution is -0.334. The molecule has 3 fully saturated rings. The Labute approximate surface area is 301 Å². The average Bonchev–Trinajstić information content (AvgIpc) is 3.45. The molecule has 1 aliphatic carbocycles. The number of ketones is 1. The van der Waals surface area contributed by atoms with Gasteiger partial charge in [0.05, 0.1) is 17.4 Å². The van der Waals surface area contributed by atoms with Crippen molar-refractivity contribution in [2.24, 2.45) is 23.2 Å². The summed E-state index contributed by atoms with van der Waals surface area (Å²) in [6.07, 6.45) is -10.4. The number of carbonyl (C=O) groups is 7. The molecule has 0 aromatic heterocycles. The first kappa shape index (κ1) is 40.1. The van der Waals surface area contributed by atoms with Gasteiger partial charge in [-0.3, -0.25) is 28.8 Å². The van der Waals surface area contributed by atoms with Gasteiger partial charge in [-0.25, -0.2) is 4.79 Å². The summed E-state index contributed by atoms with van der Waals surface area (Å²) in [5.74, 6) is -12.7. The number of fused-ring (bicyclic) bond motifs is 4. The molecule has 0 radical (unpaired) electrons. The molecule has 1 N–H and O–H groups in total. The largest absolute Gasteiger partial charge is 0.462 e. The monoisotopic (exact) mass is 730 g/mol. The molecule has 3 aliphatic rings. The molecule has 4 rings (SSSR count). The zero-order valence-corrected chi connectivity index (χ0v) is 30.7. The smallest absolute Gasteiger partial charge is 0.338 e. The standard InChI is InChI=1S/C37H46O15/c1-17-16-36(51-24(8)42)26(28(17)46-20(4)38)29(47-21(5)39)18(2)30(48-22(6)40)31(50-34(44)25-14-12-11-13-15-25)33(49-23(7)41)35(9,10)32-27(43)19(3)37(36,45)52-32/h11-15,17,19,26,28-33,45H,2,16H2,1,3-10H3/t17-,19+,26+,28-,29-,30+,31+,32-,33+,36+,37+/m1/s1. The van der Waals surface area contributed by atoms with Crippen molar-refractivity contribution in [3.63, 3.8) is 0 Å². The van der Waals surface area contributed by atoms with Crippen LogP contribution in [-0.4, -0.2) is 94.7 Å². The second-order valence-corrected chi connectivity index (χ2v) is 14.3. The molecule has 11 atom stereocenters. The Balaban J connectivity index is 2.16. The number of hydrogen-bond acceptors (Lipinski definition) is 15. The van der Waals surface area contributed by atoms with Gasteiger partial charge < -0.3 is 38.3 Å². The molecular formula is C37H46O15. The fourth-order valence-electron chi connectivity index (χ4n) is 7.99. The van der Waals surface area contributed by atoms with Crippen LogP contribution in [0.4, 0.5) is 0 Å². The third kappa shape index (κ3) is 7.20. The zero-order chi connectivity index (χ0) is 39.1. The zero-order valence-electron chi connectivity index (χ0n) is 30.7. The average molecular weight is 731 g/mol. The predicted octanol–water partition coefficient (Wildman–Crippen LogP) is 2.79. The first-order valence-corrected chi connectivity index (χ1v) is 16.9. The number of benzene rings is 1. The number of carbonyl (C=O) groups excluding carboxylic acids is 7. The molecule has 0 amide bonds. The Kier molecular flexibility index (Phi) is 11.4. The van der Waals surface area contributed by atoms with Gasteiger partial charge in [0.2, 0.25) is 5.79 Å². The third-order valence-corrected chi connectivity index (χ3v) is 10.1. The quantitative estimate of drug-likeness (QED) is 0.243. The first-order chi connectivity index (χ1) is 24.1. The van der Waals surface area contributed by atoms with Crippen LogP contribution in [0, 0.1) is 23.2 Å². The van der Waals surface area contributed by atoms with Gasteiger partial charge in [0, 0.05) is 45.6 Å². The Morgan fingerprint density at radius 1 is 0.769 bits per heavy atom. The van der Waals surface area contributed by atoms with E-state index in [0.717, 1.165) is 34.6 Å². The van der Waals surface area contributed by atoms with Gasteiger partial charge in [-0.05, 0) is 24.5 Å². The normalized spacial score (nSPS) is 35.2. The minimum absolute atomic E-state index is 0.0459. The van der Waals surface area contributed by atoms with Crippen LogP contribution in [0.5, 0.6) is 0 Å². The van der Waals surface area contributed by atoms with E-state index in [1.165, 1.54) is 32.9 Å². The van der Waals surface area contributed by atoms with E-state index >= 15 is 0 Å². The van der Waals surface area contributed by atoms with Gasteiger partial charge in [0.1, 0.15) is 18.3 Å². The van der Waals surface area contributed by atoms with Crippen LogP contribution in [0.3, 0.4) is 0 Å². The molecule has 15 heteroatoms. The van der Waals surface area contributed by atoms with Crippen LogP contribution in [0.1, 0.15) is 79.1 Å². The Morgan fingerprint density at radius 2 is 1.31 bits per heavy atom. The molecular weight excluding hydrogens is 684 g/mol. The summed E-state index contributed by atoms with van der Waals surface area (Å²) >= 11 is 0. The molecule has 15 nitrogen and oxygen atoms in total. The topological polar surface area (TPSA) is 204 Å². The lowest BCUT2D eigenvalue weighted by Crippen LogP contribution is -2.66. The van der Waals surface area contributed by atoms with E-state index in [1.807, 2.05) is 0 Å². The van der Waals surface area contributed by atoms with Crippen molar-refractivity contribution in [1.29, 1.82) is 0 Å². The lowest BCUT2D eigenvalue weighted by atomic mass is 9.68. The maximum Gasteiger partial charge on any atom is 0.338 e. The summed E-state index contributed by atoms with van der Waals surface area (Å²) in [7, 11) is 0. The van der Waals surface area contributed by atoms with Gasteiger partial charge in [0.15, 0.2) is 29.7 Å². The van der Waals surface area contributed by atoms with Crippen molar-refractivity contribution < 1.29 is 71.8 Å². The highest BCUT2D eigenvalue weighted by Gasteiger charge is 2.77. The Morgan fingerprint density at radius 3 is 1.83 bits per heavy atom. The summed E-state index contributed by atoms with van der Waals surface area (Å²) in [4.78, 5) is 92.5. The summed E-state index contributed by atoms with van der Waals surface area (Å²) in [6, 6.07) is 7.68. The minimum Gasteiger partial charge on any atom is -0.462 e. The fraction of sp³-hybridized carbons (Fsp3) is 0.595. The highest BCUT2D eigenvalue weighted by molar-refractivity contribution is 5.90. The number of hydrogen-bond donors (Lipinski definition) is 1. The lowest BCUT2D eigenvalue weighted by Gasteiger charge is -2.49. The van der Waals surface area contributed by atoms with E-state index < -0.39 is 113 Å². The van der Waals surface area contributed by atoms with Crippen LogP contribution in [0.15, 0.2) is 42.5 Å². The second-order valence-electron chi connectivity index (χ2n) is 14.3. The van der Waals surface area contributed by atoms with Crippen LogP contribution >= 0.6 is 0 Å². The van der Waals surface area contributed by atoms with E-state index in [1.54, 1.807) is 25.1 Å². The highest BCUT2D eigenvalue weighted by atomic mass is 16.7. The van der Waals surface area contributed by atoms with Gasteiger partial charge in [-0.2, -0.15) is 0 Å². The minimum atomic E-state index is -2.71. The second kappa shape index (κ2) is 14.8. The van der Waals surface area contributed by atoms with Crippen LogP contribution < -0.4 is 0 Å². The number of ether oxygens (including phenoxy) is 7. The van der Waals surface area contributed by atoms with Crippen molar-refractivity contribution in [2.45, 2.75) is 117 Å². The van der Waals surface area contributed by atoms with Crippen LogP contribution in [-0.2, 0) is 61.9 Å². The van der Waals surface area contributed by atoms with Crippen LogP contribution in [0.2, 0.25) is 0 Å². The SMILES string of the molecule is C=C1[C@@H](OC(C)=O)[C@@H]2[C@H](OC(C)=O)[C@H](C)C[C@@]2(OC(C)=O)[C@@]2(O)O[C@H](C(=O)[C@@H]2C)C(C)(C)[C@@H](OC(C)=O)[C@@H](OC(=O)c2ccccc2)[C@H]1OC(C)=O. The van der Waals surface area contributed by atoms with Gasteiger partial charge in [-0.1, -0.05) is 52.5 Å². The van der Waals surface area contributed by atoms with Gasteiger partial charge in [-0.15, -0.1) is 0 Å². The molecule has 1 aromatic carbocycles. The summed E-state index contributed by atoms with van der Waals surface area (Å²) in [5, 5.41) is 12.8. The van der Waals surface area contributed by atoms with Crippen LogP contribution in [0.25, 0.3) is 0 Å². The number of Topliss-reactive ketones (excluding diaryl/α,β-unsaturated/α-hetero) is 1. The summed E-state index contributed by atoms with van der Waals surface area (Å²) in [6.45, 7) is 15.4. The van der Waals surface area contributed by atoms with Crippen molar-refractivity contribution in [2.75, 3.05) is 0 Å². The van der Waals surface area contributed by atoms with E-state index in [-0.39, 0.29) is 17.6 Å². The maximum atomic E-state index is 14.4. The Bertz CT molecular complexity index is 1630. The Hall–Kier alpha value is -4.63. The van der Waals surface area contributed by atoms with Crippen molar-refractivity contribution in [1.82, 2.24) is 0 Å².